The molecule has 1 aromatic heterocycles. The molecule has 0 aliphatic rings. The molecule has 3 rings (SSSR count). The SMILES string of the molecule is CN(C(=O)CCc1cccc(F)c1F)[C@H](COC(=O)Nc1cc2ccccc2cn1)C[C@H](O)CO. The van der Waals surface area contributed by atoms with E-state index in [1.807, 2.05) is 24.3 Å². The second-order valence-electron chi connectivity index (χ2n) is 8.08. The molecule has 0 radical (unpaired) electrons. The first kappa shape index (κ1) is 26.0. The Labute approximate surface area is 201 Å². The molecule has 186 valence electrons. The van der Waals surface area contributed by atoms with Crippen LogP contribution in [0, 0.1) is 11.6 Å². The fraction of sp³-hybridized carbons (Fsp3) is 0.320. The smallest absolute Gasteiger partial charge is 0.412 e. The third-order valence-corrected chi connectivity index (χ3v) is 5.60. The Balaban J connectivity index is 1.59. The number of rotatable bonds is 10. The van der Waals surface area contributed by atoms with Gasteiger partial charge in [-0.2, -0.15) is 0 Å². The molecule has 2 amide bonds. The Kier molecular flexibility index (Phi) is 9.04. The van der Waals surface area contributed by atoms with E-state index in [4.69, 9.17) is 4.74 Å². The summed E-state index contributed by atoms with van der Waals surface area (Å²) in [5.41, 5.74) is 0.0669. The third kappa shape index (κ3) is 7.17. The van der Waals surface area contributed by atoms with Crippen molar-refractivity contribution in [2.24, 2.45) is 0 Å². The number of ether oxygens (including phenoxy) is 1. The molecular formula is C25H27F2N3O5. The number of hydrogen-bond donors (Lipinski definition) is 3. The zero-order valence-electron chi connectivity index (χ0n) is 19.2. The van der Waals surface area contributed by atoms with Gasteiger partial charge in [-0.1, -0.05) is 36.4 Å². The van der Waals surface area contributed by atoms with E-state index in [0.717, 1.165) is 16.8 Å². The number of aliphatic hydroxyl groups is 2. The number of fused-ring (bicyclic) bond motifs is 1. The van der Waals surface area contributed by atoms with Crippen molar-refractivity contribution in [2.75, 3.05) is 25.6 Å². The predicted molar refractivity (Wildman–Crippen MR) is 126 cm³/mol. The van der Waals surface area contributed by atoms with Crippen LogP contribution in [0.4, 0.5) is 19.4 Å². The first-order valence-electron chi connectivity index (χ1n) is 11.0. The molecule has 0 aliphatic carbocycles. The lowest BCUT2D eigenvalue weighted by Crippen LogP contribution is -2.43. The van der Waals surface area contributed by atoms with Crippen molar-refractivity contribution in [3.8, 4) is 0 Å². The van der Waals surface area contributed by atoms with Crippen LogP contribution in [0.15, 0.2) is 54.7 Å². The van der Waals surface area contributed by atoms with Crippen molar-refractivity contribution in [1.29, 1.82) is 0 Å². The highest BCUT2D eigenvalue weighted by Crippen LogP contribution is 2.17. The average molecular weight is 488 g/mol. The van der Waals surface area contributed by atoms with E-state index in [1.54, 1.807) is 12.3 Å². The van der Waals surface area contributed by atoms with Gasteiger partial charge in [0.05, 0.1) is 18.8 Å². The van der Waals surface area contributed by atoms with E-state index in [0.29, 0.717) is 0 Å². The van der Waals surface area contributed by atoms with Crippen molar-refractivity contribution in [1.82, 2.24) is 9.88 Å². The fourth-order valence-electron chi connectivity index (χ4n) is 3.55. The molecule has 0 saturated heterocycles. The predicted octanol–water partition coefficient (Wildman–Crippen LogP) is 3.26. The Hall–Kier alpha value is -3.63. The number of aryl methyl sites for hydroxylation is 1. The fourth-order valence-corrected chi connectivity index (χ4v) is 3.55. The van der Waals surface area contributed by atoms with Crippen LogP contribution < -0.4 is 5.32 Å². The largest absolute Gasteiger partial charge is 0.447 e. The van der Waals surface area contributed by atoms with Crippen LogP contribution in [0.1, 0.15) is 18.4 Å². The lowest BCUT2D eigenvalue weighted by Gasteiger charge is -2.29. The molecule has 10 heteroatoms. The van der Waals surface area contributed by atoms with E-state index >= 15 is 0 Å². The molecule has 3 aromatic rings. The summed E-state index contributed by atoms with van der Waals surface area (Å²) in [6, 6.07) is 12.2. The quantitative estimate of drug-likeness (QED) is 0.405. The number of pyridine rings is 1. The topological polar surface area (TPSA) is 112 Å². The number of benzene rings is 2. The summed E-state index contributed by atoms with van der Waals surface area (Å²) in [5.74, 6) is -2.14. The summed E-state index contributed by atoms with van der Waals surface area (Å²) in [6.45, 7) is -0.812. The number of nitrogens with one attached hydrogen (secondary N) is 1. The highest BCUT2D eigenvalue weighted by molar-refractivity contribution is 5.89. The molecule has 2 aromatic carbocycles. The van der Waals surface area contributed by atoms with Crippen molar-refractivity contribution in [3.05, 3.63) is 71.9 Å². The number of hydrogen-bond acceptors (Lipinski definition) is 6. The highest BCUT2D eigenvalue weighted by atomic mass is 19.2. The minimum Gasteiger partial charge on any atom is -0.447 e. The Morgan fingerprint density at radius 3 is 2.63 bits per heavy atom. The van der Waals surface area contributed by atoms with E-state index in [9.17, 15) is 28.6 Å². The van der Waals surface area contributed by atoms with Gasteiger partial charge in [0.15, 0.2) is 11.6 Å². The number of aromatic nitrogens is 1. The molecule has 0 spiro atoms. The van der Waals surface area contributed by atoms with Gasteiger partial charge >= 0.3 is 6.09 Å². The zero-order valence-corrected chi connectivity index (χ0v) is 19.2. The first-order chi connectivity index (χ1) is 16.8. The number of carbonyl (C=O) groups excluding carboxylic acids is 2. The van der Waals surface area contributed by atoms with Gasteiger partial charge in [-0.25, -0.2) is 18.6 Å². The van der Waals surface area contributed by atoms with Crippen LogP contribution >= 0.6 is 0 Å². The maximum atomic E-state index is 13.9. The summed E-state index contributed by atoms with van der Waals surface area (Å²) < 4.78 is 32.5. The molecule has 0 saturated carbocycles. The summed E-state index contributed by atoms with van der Waals surface area (Å²) in [5, 5.41) is 23.4. The van der Waals surface area contributed by atoms with Crippen LogP contribution in [-0.2, 0) is 16.0 Å². The molecule has 2 atom stereocenters. The van der Waals surface area contributed by atoms with Crippen molar-refractivity contribution in [2.45, 2.75) is 31.4 Å². The van der Waals surface area contributed by atoms with Crippen LogP contribution in [0.2, 0.25) is 0 Å². The van der Waals surface area contributed by atoms with Crippen LogP contribution in [0.25, 0.3) is 10.8 Å². The van der Waals surface area contributed by atoms with Gasteiger partial charge in [0.25, 0.3) is 0 Å². The van der Waals surface area contributed by atoms with Crippen LogP contribution in [0.3, 0.4) is 0 Å². The lowest BCUT2D eigenvalue weighted by molar-refractivity contribution is -0.133. The number of halogens is 2. The second kappa shape index (κ2) is 12.2. The summed E-state index contributed by atoms with van der Waals surface area (Å²) in [7, 11) is 1.45. The van der Waals surface area contributed by atoms with E-state index in [1.165, 1.54) is 24.1 Å². The summed E-state index contributed by atoms with van der Waals surface area (Å²) in [6.07, 6.45) is -0.565. The van der Waals surface area contributed by atoms with E-state index in [2.05, 4.69) is 10.3 Å². The molecule has 1 heterocycles. The van der Waals surface area contributed by atoms with Crippen molar-refractivity contribution >= 4 is 28.6 Å². The monoisotopic (exact) mass is 487 g/mol. The standard InChI is InChI=1S/C25H27F2N3O5/c1-30(23(33)10-9-16-7-4-8-21(26)24(16)27)19(12-20(32)14-31)15-35-25(34)29-22-11-17-5-2-3-6-18(17)13-28-22/h2-8,11,13,19-20,31-32H,9-10,12,14-15H2,1H3,(H,28,29,34)/t19-,20-/m0/s1. The van der Waals surface area contributed by atoms with Crippen LogP contribution in [0.5, 0.6) is 0 Å². The van der Waals surface area contributed by atoms with Gasteiger partial charge in [0, 0.05) is 25.1 Å². The molecule has 8 nitrogen and oxygen atoms in total. The van der Waals surface area contributed by atoms with Gasteiger partial charge in [0.1, 0.15) is 12.4 Å². The van der Waals surface area contributed by atoms with Crippen molar-refractivity contribution in [3.63, 3.8) is 0 Å². The number of anilines is 1. The van der Waals surface area contributed by atoms with E-state index in [-0.39, 0.29) is 37.3 Å². The summed E-state index contributed by atoms with van der Waals surface area (Å²) >= 11 is 0. The minimum absolute atomic E-state index is 0.0307. The van der Waals surface area contributed by atoms with E-state index < -0.39 is 42.4 Å². The molecule has 0 aliphatic heterocycles. The van der Waals surface area contributed by atoms with Gasteiger partial charge in [-0.15, -0.1) is 0 Å². The lowest BCUT2D eigenvalue weighted by atomic mass is 10.1. The Morgan fingerprint density at radius 2 is 1.89 bits per heavy atom. The normalized spacial score (nSPS) is 12.7. The molecule has 0 bridgehead atoms. The van der Waals surface area contributed by atoms with Crippen molar-refractivity contribution < 1.29 is 33.3 Å². The summed E-state index contributed by atoms with van der Waals surface area (Å²) in [4.78, 5) is 30.4. The number of aliphatic hydroxyl groups excluding tert-OH is 2. The Bertz CT molecular complexity index is 1180. The molecule has 0 unspecified atom stereocenters. The van der Waals surface area contributed by atoms with Gasteiger partial charge in [-0.3, -0.25) is 10.1 Å². The number of amides is 2. The third-order valence-electron chi connectivity index (χ3n) is 5.60. The number of likely N-dealkylation sites (N-methyl/N-ethyl adjacent to an activating group) is 1. The first-order valence-corrected chi connectivity index (χ1v) is 11.0. The van der Waals surface area contributed by atoms with Crippen LogP contribution in [-0.4, -0.2) is 64.5 Å². The van der Waals surface area contributed by atoms with Gasteiger partial charge < -0.3 is 19.8 Å². The van der Waals surface area contributed by atoms with Gasteiger partial charge in [-0.05, 0) is 35.9 Å². The Morgan fingerprint density at radius 1 is 1.14 bits per heavy atom. The average Bonchev–Trinajstić information content (AvgIpc) is 2.86. The molecule has 35 heavy (non-hydrogen) atoms. The molecule has 3 N–H and O–H groups in total. The maximum absolute atomic E-state index is 13.9. The maximum Gasteiger partial charge on any atom is 0.412 e. The minimum atomic E-state index is -1.15. The number of carbonyl (C=O) groups is 2. The zero-order chi connectivity index (χ0) is 25.4. The highest BCUT2D eigenvalue weighted by Gasteiger charge is 2.25. The van der Waals surface area contributed by atoms with Gasteiger partial charge in [0.2, 0.25) is 5.91 Å². The molecule has 0 fully saturated rings. The molecular weight excluding hydrogens is 460 g/mol. The second-order valence-corrected chi connectivity index (χ2v) is 8.08. The number of nitrogens with zero attached hydrogens (tertiary/aromatic N) is 2.